The molecule has 0 saturated carbocycles. The normalized spacial score (nSPS) is 17.6. The Balaban J connectivity index is 1.67. The van der Waals surface area contributed by atoms with Crippen LogP contribution in [-0.2, 0) is 6.54 Å². The summed E-state index contributed by atoms with van der Waals surface area (Å²) in [7, 11) is 1.67. The van der Waals surface area contributed by atoms with Crippen LogP contribution in [0.3, 0.4) is 0 Å². The summed E-state index contributed by atoms with van der Waals surface area (Å²) in [6.45, 7) is 2.34. The van der Waals surface area contributed by atoms with E-state index >= 15 is 0 Å². The fourth-order valence-electron chi connectivity index (χ4n) is 2.71. The quantitative estimate of drug-likeness (QED) is 0.937. The highest BCUT2D eigenvalue weighted by atomic mass is 19.1. The van der Waals surface area contributed by atoms with E-state index in [1.807, 2.05) is 10.9 Å². The molecule has 1 aliphatic heterocycles. The maximum atomic E-state index is 13.7. The van der Waals surface area contributed by atoms with Gasteiger partial charge >= 0.3 is 0 Å². The van der Waals surface area contributed by atoms with Gasteiger partial charge in [-0.15, -0.1) is 0 Å². The Labute approximate surface area is 128 Å². The van der Waals surface area contributed by atoms with Gasteiger partial charge in [0.25, 0.3) is 5.91 Å². The van der Waals surface area contributed by atoms with E-state index in [0.29, 0.717) is 12.6 Å². The summed E-state index contributed by atoms with van der Waals surface area (Å²) in [5, 5.41) is 7.67. The molecular weight excluding hydrogens is 283 g/mol. The van der Waals surface area contributed by atoms with Gasteiger partial charge in [0, 0.05) is 31.9 Å². The van der Waals surface area contributed by atoms with Crippen LogP contribution in [0.25, 0.3) is 0 Å². The van der Waals surface area contributed by atoms with Crippen LogP contribution < -0.4 is 5.32 Å². The molecule has 116 valence electrons. The molecule has 1 amide bonds. The number of nitrogens with zero attached hydrogens (tertiary/aromatic N) is 3. The zero-order valence-electron chi connectivity index (χ0n) is 12.5. The highest BCUT2D eigenvalue weighted by Gasteiger charge is 2.19. The molecule has 2 aromatic rings. The first-order chi connectivity index (χ1) is 10.6. The average Bonchev–Trinajstić information content (AvgIpc) is 3.17. The van der Waals surface area contributed by atoms with Crippen molar-refractivity contribution in [3.8, 4) is 0 Å². The molecular formula is C16H19FN4O. The molecule has 0 radical (unpaired) electrons. The SMILES string of the molecule is CN(Cc1cnn(C2CCNC2)c1)C(=O)c1ccccc1F. The lowest BCUT2D eigenvalue weighted by Gasteiger charge is -2.16. The summed E-state index contributed by atoms with van der Waals surface area (Å²) in [4.78, 5) is 13.8. The molecule has 0 bridgehead atoms. The molecule has 1 aromatic carbocycles. The van der Waals surface area contributed by atoms with Crippen molar-refractivity contribution in [2.75, 3.05) is 20.1 Å². The maximum absolute atomic E-state index is 13.7. The van der Waals surface area contributed by atoms with Crippen molar-refractivity contribution in [1.29, 1.82) is 0 Å². The molecule has 3 rings (SSSR count). The molecule has 1 fully saturated rings. The highest BCUT2D eigenvalue weighted by molar-refractivity contribution is 5.94. The van der Waals surface area contributed by atoms with Crippen molar-refractivity contribution in [3.63, 3.8) is 0 Å². The molecule has 2 heterocycles. The number of carbonyl (C=O) groups excluding carboxylic acids is 1. The molecule has 5 nitrogen and oxygen atoms in total. The van der Waals surface area contributed by atoms with E-state index in [-0.39, 0.29) is 11.5 Å². The van der Waals surface area contributed by atoms with E-state index in [4.69, 9.17) is 0 Å². The van der Waals surface area contributed by atoms with Gasteiger partial charge in [0.1, 0.15) is 5.82 Å². The van der Waals surface area contributed by atoms with Crippen molar-refractivity contribution < 1.29 is 9.18 Å². The van der Waals surface area contributed by atoms with Crippen LogP contribution in [0.15, 0.2) is 36.7 Å². The van der Waals surface area contributed by atoms with Gasteiger partial charge in [-0.3, -0.25) is 9.48 Å². The third-order valence-electron chi connectivity index (χ3n) is 3.93. The van der Waals surface area contributed by atoms with Crippen LogP contribution in [-0.4, -0.2) is 40.7 Å². The predicted molar refractivity (Wildman–Crippen MR) is 80.9 cm³/mol. The largest absolute Gasteiger partial charge is 0.337 e. The summed E-state index contributed by atoms with van der Waals surface area (Å²) < 4.78 is 15.6. The number of hydrogen-bond donors (Lipinski definition) is 1. The van der Waals surface area contributed by atoms with Gasteiger partial charge in [0.05, 0.1) is 17.8 Å². The van der Waals surface area contributed by atoms with Crippen LogP contribution in [0.1, 0.15) is 28.4 Å². The lowest BCUT2D eigenvalue weighted by Crippen LogP contribution is -2.26. The lowest BCUT2D eigenvalue weighted by molar-refractivity contribution is 0.0780. The van der Waals surface area contributed by atoms with E-state index in [9.17, 15) is 9.18 Å². The molecule has 0 spiro atoms. The topological polar surface area (TPSA) is 50.2 Å². The molecule has 1 atom stereocenters. The zero-order valence-corrected chi connectivity index (χ0v) is 12.5. The number of amides is 1. The van der Waals surface area contributed by atoms with E-state index < -0.39 is 5.82 Å². The number of rotatable bonds is 4. The monoisotopic (exact) mass is 302 g/mol. The van der Waals surface area contributed by atoms with Crippen LogP contribution >= 0.6 is 0 Å². The third-order valence-corrected chi connectivity index (χ3v) is 3.93. The van der Waals surface area contributed by atoms with Crippen LogP contribution in [0.4, 0.5) is 4.39 Å². The summed E-state index contributed by atoms with van der Waals surface area (Å²) >= 11 is 0. The number of halogens is 1. The van der Waals surface area contributed by atoms with Gasteiger partial charge in [-0.1, -0.05) is 12.1 Å². The molecule has 22 heavy (non-hydrogen) atoms. The molecule has 1 aliphatic rings. The summed E-state index contributed by atoms with van der Waals surface area (Å²) in [5.41, 5.74) is 1.04. The summed E-state index contributed by atoms with van der Waals surface area (Å²) in [6, 6.07) is 6.41. The second-order valence-corrected chi connectivity index (χ2v) is 5.62. The molecule has 6 heteroatoms. The van der Waals surface area contributed by atoms with E-state index in [0.717, 1.165) is 25.1 Å². The molecule has 1 unspecified atom stereocenters. The van der Waals surface area contributed by atoms with Crippen LogP contribution in [0.5, 0.6) is 0 Å². The number of nitrogens with one attached hydrogen (secondary N) is 1. The van der Waals surface area contributed by atoms with Gasteiger partial charge in [0.15, 0.2) is 0 Å². The van der Waals surface area contributed by atoms with Gasteiger partial charge in [-0.25, -0.2) is 4.39 Å². The van der Waals surface area contributed by atoms with Crippen molar-refractivity contribution in [1.82, 2.24) is 20.0 Å². The van der Waals surface area contributed by atoms with E-state index in [1.165, 1.54) is 17.0 Å². The fraction of sp³-hybridized carbons (Fsp3) is 0.375. The van der Waals surface area contributed by atoms with Crippen LogP contribution in [0, 0.1) is 5.82 Å². The van der Waals surface area contributed by atoms with Crippen molar-refractivity contribution >= 4 is 5.91 Å². The smallest absolute Gasteiger partial charge is 0.256 e. The standard InChI is InChI=1S/C16H19FN4O/c1-20(16(22)14-4-2-3-5-15(14)17)10-12-8-19-21(11-12)13-6-7-18-9-13/h2-5,8,11,13,18H,6-7,9-10H2,1H3. The minimum atomic E-state index is -0.493. The van der Waals surface area contributed by atoms with Gasteiger partial charge in [0.2, 0.25) is 0 Å². The van der Waals surface area contributed by atoms with E-state index in [2.05, 4.69) is 10.4 Å². The first-order valence-electron chi connectivity index (χ1n) is 7.39. The van der Waals surface area contributed by atoms with Crippen molar-refractivity contribution in [3.05, 3.63) is 53.6 Å². The summed E-state index contributed by atoms with van der Waals surface area (Å²) in [6.07, 6.45) is 4.79. The summed E-state index contributed by atoms with van der Waals surface area (Å²) in [5.74, 6) is -0.819. The fourth-order valence-corrected chi connectivity index (χ4v) is 2.71. The van der Waals surface area contributed by atoms with Gasteiger partial charge in [-0.05, 0) is 25.1 Å². The second-order valence-electron chi connectivity index (χ2n) is 5.62. The highest BCUT2D eigenvalue weighted by Crippen LogP contribution is 2.16. The van der Waals surface area contributed by atoms with Crippen LogP contribution in [0.2, 0.25) is 0 Å². The molecule has 0 aliphatic carbocycles. The first-order valence-corrected chi connectivity index (χ1v) is 7.39. The minimum Gasteiger partial charge on any atom is -0.337 e. The van der Waals surface area contributed by atoms with Crippen molar-refractivity contribution in [2.45, 2.75) is 19.0 Å². The number of aromatic nitrogens is 2. The third kappa shape index (κ3) is 3.01. The zero-order chi connectivity index (χ0) is 15.5. The Kier molecular flexibility index (Phi) is 4.20. The van der Waals surface area contributed by atoms with Crippen molar-refractivity contribution in [2.24, 2.45) is 0 Å². The van der Waals surface area contributed by atoms with Gasteiger partial charge in [-0.2, -0.15) is 5.10 Å². The number of carbonyl (C=O) groups is 1. The molecule has 1 N–H and O–H groups in total. The van der Waals surface area contributed by atoms with Gasteiger partial charge < -0.3 is 10.2 Å². The number of benzene rings is 1. The lowest BCUT2D eigenvalue weighted by atomic mass is 10.2. The minimum absolute atomic E-state index is 0.0948. The molecule has 1 aromatic heterocycles. The molecule has 1 saturated heterocycles. The predicted octanol–water partition coefficient (Wildman–Crippen LogP) is 1.83. The van der Waals surface area contributed by atoms with E-state index in [1.54, 1.807) is 25.4 Å². The Bertz CT molecular complexity index is 664. The maximum Gasteiger partial charge on any atom is 0.256 e. The Hall–Kier alpha value is -2.21. The Morgan fingerprint density at radius 3 is 3.05 bits per heavy atom. The number of hydrogen-bond acceptors (Lipinski definition) is 3. The average molecular weight is 302 g/mol. The Morgan fingerprint density at radius 1 is 1.50 bits per heavy atom. The second kappa shape index (κ2) is 6.27. The first kappa shape index (κ1) is 14.7. The Morgan fingerprint density at radius 2 is 2.32 bits per heavy atom.